The summed E-state index contributed by atoms with van der Waals surface area (Å²) in [5, 5.41) is 4.78. The second kappa shape index (κ2) is 9.97. The second-order valence-corrected chi connectivity index (χ2v) is 7.96. The number of carbonyl (C=O) groups is 2. The van der Waals surface area contributed by atoms with Crippen molar-refractivity contribution >= 4 is 23.5 Å². The zero-order valence-electron chi connectivity index (χ0n) is 17.9. The number of hydrogen-bond donors (Lipinski definition) is 0. The highest BCUT2D eigenvalue weighted by atomic mass is 35.5. The van der Waals surface area contributed by atoms with Gasteiger partial charge in [-0.3, -0.25) is 9.59 Å². The van der Waals surface area contributed by atoms with Crippen LogP contribution in [0.25, 0.3) is 5.69 Å². The monoisotopic (exact) mass is 467 g/mol. The molecule has 1 aliphatic rings. The Labute approximate surface area is 195 Å². The molecule has 4 rings (SSSR count). The molecule has 9 heteroatoms. The van der Waals surface area contributed by atoms with Crippen LogP contribution < -0.4 is 5.43 Å². The highest BCUT2D eigenvalue weighted by Gasteiger charge is 2.32. The molecule has 0 spiro atoms. The maximum absolute atomic E-state index is 13.2. The van der Waals surface area contributed by atoms with E-state index in [-0.39, 0.29) is 5.91 Å². The molecule has 0 radical (unpaired) electrons. The summed E-state index contributed by atoms with van der Waals surface area (Å²) >= 11 is 5.96. The van der Waals surface area contributed by atoms with Gasteiger partial charge in [0.15, 0.2) is 0 Å². The molecule has 1 atom stereocenters. The fourth-order valence-corrected chi connectivity index (χ4v) is 3.66. The molecule has 0 aliphatic carbocycles. The van der Waals surface area contributed by atoms with E-state index in [0.29, 0.717) is 48.3 Å². The molecular weight excluding hydrogens is 446 g/mol. The highest BCUT2D eigenvalue weighted by molar-refractivity contribution is 6.30. The first-order valence-corrected chi connectivity index (χ1v) is 10.8. The van der Waals surface area contributed by atoms with Crippen molar-refractivity contribution in [3.63, 3.8) is 0 Å². The third kappa shape index (κ3) is 5.13. The van der Waals surface area contributed by atoms with Gasteiger partial charge in [-0.05, 0) is 31.2 Å². The third-order valence-corrected chi connectivity index (χ3v) is 5.50. The summed E-state index contributed by atoms with van der Waals surface area (Å²) in [6.07, 6.45) is -1.21. The van der Waals surface area contributed by atoms with Crippen molar-refractivity contribution in [3.8, 4) is 5.69 Å². The fraction of sp³-hybridized carbons (Fsp3) is 0.250. The van der Waals surface area contributed by atoms with Gasteiger partial charge in [-0.25, -0.2) is 9.48 Å². The molecule has 33 heavy (non-hydrogen) atoms. The first-order valence-electron chi connectivity index (χ1n) is 10.4. The van der Waals surface area contributed by atoms with E-state index in [1.54, 1.807) is 66.4 Å². The molecule has 0 N–H and O–H groups in total. The first-order chi connectivity index (χ1) is 15.9. The van der Waals surface area contributed by atoms with Gasteiger partial charge in [-0.1, -0.05) is 41.9 Å². The predicted molar refractivity (Wildman–Crippen MR) is 122 cm³/mol. The topological polar surface area (TPSA) is 90.7 Å². The molecule has 0 saturated carbocycles. The Hall–Kier alpha value is -3.49. The number of aryl methyl sites for hydroxylation is 1. The minimum absolute atomic E-state index is 0.372. The van der Waals surface area contributed by atoms with Crippen LogP contribution in [0.1, 0.15) is 27.8 Å². The van der Waals surface area contributed by atoms with Gasteiger partial charge in [0.1, 0.15) is 0 Å². The van der Waals surface area contributed by atoms with E-state index in [9.17, 15) is 14.4 Å². The van der Waals surface area contributed by atoms with Crippen LogP contribution in [0.2, 0.25) is 5.02 Å². The van der Waals surface area contributed by atoms with Gasteiger partial charge in [0.2, 0.25) is 17.2 Å². The third-order valence-electron chi connectivity index (χ3n) is 5.25. The molecule has 3 aromatic rings. The average molecular weight is 468 g/mol. The van der Waals surface area contributed by atoms with Crippen molar-refractivity contribution in [2.45, 2.75) is 13.0 Å². The number of aromatic nitrogens is 2. The Morgan fingerprint density at radius 2 is 1.73 bits per heavy atom. The average Bonchev–Trinajstić information content (AvgIpc) is 2.84. The highest BCUT2D eigenvalue weighted by Crippen LogP contribution is 2.22. The van der Waals surface area contributed by atoms with Gasteiger partial charge in [0.05, 0.1) is 18.9 Å². The van der Waals surface area contributed by atoms with E-state index in [0.717, 1.165) is 0 Å². The Kier molecular flexibility index (Phi) is 6.86. The maximum atomic E-state index is 13.2. The van der Waals surface area contributed by atoms with Crippen LogP contribution >= 0.6 is 11.6 Å². The van der Waals surface area contributed by atoms with E-state index in [1.165, 1.54) is 10.7 Å². The van der Waals surface area contributed by atoms with Crippen molar-refractivity contribution in [1.82, 2.24) is 14.7 Å². The summed E-state index contributed by atoms with van der Waals surface area (Å²) in [5.41, 5.74) is 0.657. The molecule has 2 heterocycles. The van der Waals surface area contributed by atoms with Gasteiger partial charge < -0.3 is 14.4 Å². The standard InChI is InChI=1S/C24H22ClN3O5/c1-16-15-20(29)21(26-28(16)19-9-7-18(25)8-10-19)24(31)33-22(17-5-3-2-4-6-17)23(30)27-11-13-32-14-12-27/h2-10,15,22H,11-14H2,1H3. The molecule has 1 amide bonds. The van der Waals surface area contributed by atoms with E-state index >= 15 is 0 Å². The largest absolute Gasteiger partial charge is 0.442 e. The Balaban J connectivity index is 1.66. The predicted octanol–water partition coefficient (Wildman–Crippen LogP) is 2.95. The smallest absolute Gasteiger partial charge is 0.364 e. The molecule has 1 aliphatic heterocycles. The lowest BCUT2D eigenvalue weighted by atomic mass is 10.1. The van der Waals surface area contributed by atoms with Crippen molar-refractivity contribution in [2.75, 3.05) is 26.3 Å². The van der Waals surface area contributed by atoms with Gasteiger partial charge >= 0.3 is 5.97 Å². The quantitative estimate of drug-likeness (QED) is 0.536. The van der Waals surface area contributed by atoms with Gasteiger partial charge in [-0.2, -0.15) is 5.10 Å². The number of nitrogens with zero attached hydrogens (tertiary/aromatic N) is 3. The van der Waals surface area contributed by atoms with E-state index in [4.69, 9.17) is 21.1 Å². The van der Waals surface area contributed by atoms with E-state index in [2.05, 4.69) is 5.10 Å². The Morgan fingerprint density at radius 3 is 2.39 bits per heavy atom. The normalized spacial score (nSPS) is 14.5. The molecular formula is C24H22ClN3O5. The van der Waals surface area contributed by atoms with Crippen molar-refractivity contribution < 1.29 is 19.1 Å². The lowest BCUT2D eigenvalue weighted by Crippen LogP contribution is -2.44. The van der Waals surface area contributed by atoms with Crippen LogP contribution in [-0.2, 0) is 14.3 Å². The van der Waals surface area contributed by atoms with Crippen molar-refractivity contribution in [2.24, 2.45) is 0 Å². The summed E-state index contributed by atoms with van der Waals surface area (Å²) in [6.45, 7) is 3.31. The maximum Gasteiger partial charge on any atom is 0.364 e. The SMILES string of the molecule is Cc1cc(=O)c(C(=O)OC(C(=O)N2CCOCC2)c2ccccc2)nn1-c1ccc(Cl)cc1. The summed E-state index contributed by atoms with van der Waals surface area (Å²) in [7, 11) is 0. The molecule has 1 fully saturated rings. The minimum atomic E-state index is -1.21. The lowest BCUT2D eigenvalue weighted by Gasteiger charge is -2.30. The Morgan fingerprint density at radius 1 is 1.06 bits per heavy atom. The number of halogens is 1. The number of hydrogen-bond acceptors (Lipinski definition) is 6. The number of carbonyl (C=O) groups excluding carboxylic acids is 2. The fourth-order valence-electron chi connectivity index (χ4n) is 3.53. The molecule has 1 saturated heterocycles. The number of morpholine rings is 1. The summed E-state index contributed by atoms with van der Waals surface area (Å²) in [4.78, 5) is 40.5. The van der Waals surface area contributed by atoms with E-state index in [1.807, 2.05) is 0 Å². The number of amides is 1. The van der Waals surface area contributed by atoms with Crippen LogP contribution in [0.5, 0.6) is 0 Å². The van der Waals surface area contributed by atoms with Crippen LogP contribution in [0.3, 0.4) is 0 Å². The molecule has 0 bridgehead atoms. The number of rotatable bonds is 5. The van der Waals surface area contributed by atoms with Gasteiger partial charge in [0.25, 0.3) is 5.91 Å². The molecule has 2 aromatic carbocycles. The second-order valence-electron chi connectivity index (χ2n) is 7.52. The Bertz CT molecular complexity index is 1210. The van der Waals surface area contributed by atoms with Gasteiger partial charge in [-0.15, -0.1) is 0 Å². The molecule has 170 valence electrons. The molecule has 1 unspecified atom stereocenters. The number of esters is 1. The first kappa shape index (κ1) is 22.7. The zero-order valence-corrected chi connectivity index (χ0v) is 18.7. The van der Waals surface area contributed by atoms with E-state index < -0.39 is 23.2 Å². The zero-order chi connectivity index (χ0) is 23.4. The van der Waals surface area contributed by atoms with Crippen LogP contribution in [0, 0.1) is 6.92 Å². The van der Waals surface area contributed by atoms with Crippen LogP contribution in [0.15, 0.2) is 65.5 Å². The van der Waals surface area contributed by atoms with Gasteiger partial charge in [0, 0.05) is 35.4 Å². The number of benzene rings is 2. The number of ether oxygens (including phenoxy) is 2. The molecule has 8 nitrogen and oxygen atoms in total. The summed E-state index contributed by atoms with van der Waals surface area (Å²) < 4.78 is 12.4. The minimum Gasteiger partial charge on any atom is -0.442 e. The van der Waals surface area contributed by atoms with Crippen LogP contribution in [-0.4, -0.2) is 52.9 Å². The van der Waals surface area contributed by atoms with Crippen molar-refractivity contribution in [1.29, 1.82) is 0 Å². The lowest BCUT2D eigenvalue weighted by molar-refractivity contribution is -0.145. The molecule has 1 aromatic heterocycles. The summed E-state index contributed by atoms with van der Waals surface area (Å²) in [5.74, 6) is -1.35. The van der Waals surface area contributed by atoms with Crippen molar-refractivity contribution in [3.05, 3.63) is 92.9 Å². The van der Waals surface area contributed by atoms with Crippen LogP contribution in [0.4, 0.5) is 0 Å². The summed E-state index contributed by atoms with van der Waals surface area (Å²) in [6, 6.07) is 16.8.